The van der Waals surface area contributed by atoms with Gasteiger partial charge in [0.05, 0.1) is 6.20 Å². The van der Waals surface area contributed by atoms with Gasteiger partial charge >= 0.3 is 0 Å². The van der Waals surface area contributed by atoms with Crippen molar-refractivity contribution in [3.8, 4) is 0 Å². The highest BCUT2D eigenvalue weighted by Crippen LogP contribution is 2.09. The molecule has 110 valence electrons. The maximum atomic E-state index is 11.7. The Bertz CT molecular complexity index is 390. The average Bonchev–Trinajstić information content (AvgIpc) is 2.52. The molecule has 0 bridgehead atoms. The first-order valence-corrected chi connectivity index (χ1v) is 7.63. The Hall–Kier alpha value is -1.49. The zero-order valence-electron chi connectivity index (χ0n) is 12.1. The van der Waals surface area contributed by atoms with Crippen molar-refractivity contribution in [2.75, 3.05) is 26.2 Å². The second-order valence-corrected chi connectivity index (χ2v) is 5.31. The highest BCUT2D eigenvalue weighted by Gasteiger charge is 2.09. The summed E-state index contributed by atoms with van der Waals surface area (Å²) in [4.78, 5) is 22.1. The Morgan fingerprint density at radius 2 is 2.00 bits per heavy atom. The van der Waals surface area contributed by atoms with Crippen LogP contribution >= 0.6 is 0 Å². The quantitative estimate of drug-likeness (QED) is 0.772. The van der Waals surface area contributed by atoms with Crippen molar-refractivity contribution in [2.45, 2.75) is 38.5 Å². The molecule has 0 atom stereocenters. The molecule has 1 aliphatic rings. The van der Waals surface area contributed by atoms with E-state index in [1.54, 1.807) is 6.20 Å². The number of likely N-dealkylation sites (tertiary alicyclic amines) is 1. The molecule has 5 nitrogen and oxygen atoms in total. The number of piperidine rings is 1. The van der Waals surface area contributed by atoms with Crippen LogP contribution in [0.2, 0.25) is 0 Å². The van der Waals surface area contributed by atoms with Gasteiger partial charge in [0, 0.05) is 18.9 Å². The summed E-state index contributed by atoms with van der Waals surface area (Å²) in [6, 6.07) is 0. The molecule has 1 aromatic rings. The highest BCUT2D eigenvalue weighted by molar-refractivity contribution is 5.91. The molecule has 1 aromatic heterocycles. The van der Waals surface area contributed by atoms with E-state index in [4.69, 9.17) is 0 Å². The third-order valence-electron chi connectivity index (χ3n) is 3.68. The predicted octanol–water partition coefficient (Wildman–Crippen LogP) is 1.86. The van der Waals surface area contributed by atoms with E-state index in [1.807, 2.05) is 0 Å². The third-order valence-corrected chi connectivity index (χ3v) is 3.68. The minimum atomic E-state index is -0.130. The van der Waals surface area contributed by atoms with Crippen molar-refractivity contribution in [3.05, 3.63) is 24.3 Å². The van der Waals surface area contributed by atoms with E-state index in [1.165, 1.54) is 57.7 Å². The number of aromatic nitrogens is 2. The third kappa shape index (κ3) is 5.25. The lowest BCUT2D eigenvalue weighted by molar-refractivity contribution is 0.0947. The Morgan fingerprint density at radius 3 is 2.75 bits per heavy atom. The summed E-state index contributed by atoms with van der Waals surface area (Å²) in [7, 11) is 0. The number of hydrogen-bond acceptors (Lipinski definition) is 4. The van der Waals surface area contributed by atoms with Gasteiger partial charge < -0.3 is 10.2 Å². The van der Waals surface area contributed by atoms with Gasteiger partial charge in [0.1, 0.15) is 5.69 Å². The number of rotatable bonds is 7. The van der Waals surface area contributed by atoms with E-state index in [2.05, 4.69) is 20.2 Å². The summed E-state index contributed by atoms with van der Waals surface area (Å²) < 4.78 is 0. The van der Waals surface area contributed by atoms with Crippen molar-refractivity contribution < 1.29 is 4.79 Å². The topological polar surface area (TPSA) is 58.1 Å². The van der Waals surface area contributed by atoms with Gasteiger partial charge in [0.25, 0.3) is 5.91 Å². The van der Waals surface area contributed by atoms with E-state index in [0.29, 0.717) is 5.69 Å². The van der Waals surface area contributed by atoms with Gasteiger partial charge in [-0.2, -0.15) is 0 Å². The van der Waals surface area contributed by atoms with Crippen LogP contribution in [0.3, 0.4) is 0 Å². The Balaban J connectivity index is 1.50. The molecule has 0 saturated carbocycles. The van der Waals surface area contributed by atoms with E-state index < -0.39 is 0 Å². The Morgan fingerprint density at radius 1 is 1.15 bits per heavy atom. The van der Waals surface area contributed by atoms with Gasteiger partial charge in [0.2, 0.25) is 0 Å². The van der Waals surface area contributed by atoms with Gasteiger partial charge in [-0.05, 0) is 45.3 Å². The first-order chi connectivity index (χ1) is 9.86. The van der Waals surface area contributed by atoms with Crippen LogP contribution in [0.1, 0.15) is 49.0 Å². The number of nitrogens with zero attached hydrogens (tertiary/aromatic N) is 3. The van der Waals surface area contributed by atoms with E-state index in [-0.39, 0.29) is 5.91 Å². The van der Waals surface area contributed by atoms with Crippen LogP contribution in [0.25, 0.3) is 0 Å². The molecule has 0 radical (unpaired) electrons. The van der Waals surface area contributed by atoms with Gasteiger partial charge in [-0.25, -0.2) is 4.98 Å². The van der Waals surface area contributed by atoms with Crippen LogP contribution in [0, 0.1) is 0 Å². The molecule has 1 N–H and O–H groups in total. The minimum Gasteiger partial charge on any atom is -0.351 e. The SMILES string of the molecule is O=C(NCCCCCN1CCCCC1)c1cnccn1. The first-order valence-electron chi connectivity index (χ1n) is 7.63. The van der Waals surface area contributed by atoms with E-state index in [0.717, 1.165) is 19.4 Å². The van der Waals surface area contributed by atoms with Gasteiger partial charge in [-0.3, -0.25) is 9.78 Å². The summed E-state index contributed by atoms with van der Waals surface area (Å²) >= 11 is 0. The molecule has 5 heteroatoms. The van der Waals surface area contributed by atoms with Gasteiger partial charge in [-0.1, -0.05) is 12.8 Å². The second-order valence-electron chi connectivity index (χ2n) is 5.31. The van der Waals surface area contributed by atoms with Crippen LogP contribution in [0.5, 0.6) is 0 Å². The van der Waals surface area contributed by atoms with Crippen LogP contribution in [-0.2, 0) is 0 Å². The summed E-state index contributed by atoms with van der Waals surface area (Å²) in [5, 5.41) is 2.88. The molecule has 0 aromatic carbocycles. The standard InChI is InChI=1S/C15H24N4O/c20-15(14-13-16-8-9-17-14)18-7-3-1-4-10-19-11-5-2-6-12-19/h8-9,13H,1-7,10-12H2,(H,18,20). The molecule has 0 unspecified atom stereocenters. The molecule has 2 rings (SSSR count). The second kappa shape index (κ2) is 8.64. The molecular formula is C15H24N4O. The predicted molar refractivity (Wildman–Crippen MR) is 78.5 cm³/mol. The monoisotopic (exact) mass is 276 g/mol. The lowest BCUT2D eigenvalue weighted by Crippen LogP contribution is -2.30. The Labute approximate surface area is 120 Å². The molecule has 1 saturated heterocycles. The van der Waals surface area contributed by atoms with Crippen LogP contribution in [-0.4, -0.2) is 47.0 Å². The number of hydrogen-bond donors (Lipinski definition) is 1. The number of carbonyl (C=O) groups is 1. The molecule has 2 heterocycles. The average molecular weight is 276 g/mol. The fourth-order valence-corrected chi connectivity index (χ4v) is 2.53. The van der Waals surface area contributed by atoms with Crippen molar-refractivity contribution in [1.29, 1.82) is 0 Å². The summed E-state index contributed by atoms with van der Waals surface area (Å²) in [6.07, 6.45) is 12.1. The highest BCUT2D eigenvalue weighted by atomic mass is 16.1. The summed E-state index contributed by atoms with van der Waals surface area (Å²) in [5.74, 6) is -0.130. The van der Waals surface area contributed by atoms with Crippen LogP contribution in [0.15, 0.2) is 18.6 Å². The Kier molecular flexibility index (Phi) is 6.44. The molecule has 0 spiro atoms. The number of unbranched alkanes of at least 4 members (excludes halogenated alkanes) is 2. The summed E-state index contributed by atoms with van der Waals surface area (Å²) in [6.45, 7) is 4.46. The van der Waals surface area contributed by atoms with E-state index in [9.17, 15) is 4.79 Å². The van der Waals surface area contributed by atoms with Crippen LogP contribution < -0.4 is 5.32 Å². The van der Waals surface area contributed by atoms with Crippen molar-refractivity contribution >= 4 is 5.91 Å². The van der Waals surface area contributed by atoms with Crippen molar-refractivity contribution in [3.63, 3.8) is 0 Å². The lowest BCUT2D eigenvalue weighted by Gasteiger charge is -2.26. The molecule has 1 amide bonds. The minimum absolute atomic E-state index is 0.130. The number of amides is 1. The largest absolute Gasteiger partial charge is 0.351 e. The molecule has 20 heavy (non-hydrogen) atoms. The van der Waals surface area contributed by atoms with Gasteiger partial charge in [-0.15, -0.1) is 0 Å². The van der Waals surface area contributed by atoms with E-state index >= 15 is 0 Å². The zero-order chi connectivity index (χ0) is 14.0. The lowest BCUT2D eigenvalue weighted by atomic mass is 10.1. The van der Waals surface area contributed by atoms with Gasteiger partial charge in [0.15, 0.2) is 0 Å². The fourth-order valence-electron chi connectivity index (χ4n) is 2.53. The smallest absolute Gasteiger partial charge is 0.271 e. The first kappa shape index (κ1) is 14.9. The summed E-state index contributed by atoms with van der Waals surface area (Å²) in [5.41, 5.74) is 0.390. The molecular weight excluding hydrogens is 252 g/mol. The van der Waals surface area contributed by atoms with Crippen molar-refractivity contribution in [1.82, 2.24) is 20.2 Å². The maximum absolute atomic E-state index is 11.7. The molecule has 0 aliphatic carbocycles. The molecule has 1 fully saturated rings. The number of carbonyl (C=O) groups excluding carboxylic acids is 1. The normalized spacial score (nSPS) is 16.0. The maximum Gasteiger partial charge on any atom is 0.271 e. The van der Waals surface area contributed by atoms with Crippen molar-refractivity contribution in [2.24, 2.45) is 0 Å². The fraction of sp³-hybridized carbons (Fsp3) is 0.667. The molecule has 1 aliphatic heterocycles. The number of nitrogens with one attached hydrogen (secondary N) is 1. The van der Waals surface area contributed by atoms with Crippen LogP contribution in [0.4, 0.5) is 0 Å². The zero-order valence-corrected chi connectivity index (χ0v) is 12.1.